The molecule has 0 fully saturated rings. The molecule has 0 saturated carbocycles. The lowest BCUT2D eigenvalue weighted by Crippen LogP contribution is -2.43. The van der Waals surface area contributed by atoms with E-state index in [0.717, 1.165) is 29.4 Å². The molecule has 1 aromatic carbocycles. The van der Waals surface area contributed by atoms with Gasteiger partial charge >= 0.3 is 0 Å². The summed E-state index contributed by atoms with van der Waals surface area (Å²) in [5.41, 5.74) is 1.62. The van der Waals surface area contributed by atoms with Crippen molar-refractivity contribution in [1.29, 1.82) is 0 Å². The Morgan fingerprint density at radius 2 is 2.19 bits per heavy atom. The van der Waals surface area contributed by atoms with E-state index < -0.39 is 0 Å². The fraction of sp³-hybridized carbons (Fsp3) is 0.450. The number of aliphatic imine (C=N–C) groups is 1. The first-order chi connectivity index (χ1) is 13.0. The Kier molecular flexibility index (Phi) is 6.34. The first-order valence-electron chi connectivity index (χ1n) is 9.00. The number of hydrogen-bond acceptors (Lipinski definition) is 4. The van der Waals surface area contributed by atoms with Crippen LogP contribution in [0.15, 0.2) is 34.6 Å². The topological polar surface area (TPSA) is 54.9 Å². The van der Waals surface area contributed by atoms with E-state index in [4.69, 9.17) is 9.47 Å². The Morgan fingerprint density at radius 1 is 1.33 bits per heavy atom. The van der Waals surface area contributed by atoms with Crippen LogP contribution >= 0.6 is 11.3 Å². The van der Waals surface area contributed by atoms with Gasteiger partial charge in [-0.3, -0.25) is 4.99 Å². The van der Waals surface area contributed by atoms with E-state index in [1.807, 2.05) is 0 Å². The summed E-state index contributed by atoms with van der Waals surface area (Å²) in [6, 6.07) is 7.22. The van der Waals surface area contributed by atoms with Crippen LogP contribution in [0.1, 0.15) is 29.9 Å². The molecule has 1 aliphatic heterocycles. The average Bonchev–Trinajstić information content (AvgIpc) is 3.20. The Bertz CT molecular complexity index is 791. The van der Waals surface area contributed by atoms with Crippen LogP contribution in [0.2, 0.25) is 0 Å². The second-order valence-electron chi connectivity index (χ2n) is 7.13. The number of benzene rings is 1. The maximum Gasteiger partial charge on any atom is 0.191 e. The van der Waals surface area contributed by atoms with E-state index in [1.54, 1.807) is 18.4 Å². The second-order valence-corrected chi connectivity index (χ2v) is 8.08. The van der Waals surface area contributed by atoms with Crippen LogP contribution in [0.25, 0.3) is 0 Å². The Hall–Kier alpha value is -2.12. The fourth-order valence-electron chi connectivity index (χ4n) is 3.03. The molecular formula is C20H26FN3O2S. The smallest absolute Gasteiger partial charge is 0.191 e. The number of ether oxygens (including phenoxy) is 2. The van der Waals surface area contributed by atoms with Gasteiger partial charge in [0.05, 0.1) is 6.61 Å². The van der Waals surface area contributed by atoms with Crippen LogP contribution < -0.4 is 15.4 Å². The van der Waals surface area contributed by atoms with Crippen LogP contribution in [0, 0.1) is 5.82 Å². The molecule has 0 radical (unpaired) electrons. The summed E-state index contributed by atoms with van der Waals surface area (Å²) < 4.78 is 24.6. The molecule has 1 aromatic heterocycles. The first kappa shape index (κ1) is 19.6. The van der Waals surface area contributed by atoms with Gasteiger partial charge < -0.3 is 20.1 Å². The third kappa shape index (κ3) is 4.99. The van der Waals surface area contributed by atoms with Gasteiger partial charge in [-0.05, 0) is 35.6 Å². The molecule has 0 atom stereocenters. The third-order valence-electron chi connectivity index (χ3n) is 4.55. The van der Waals surface area contributed by atoms with Crippen LogP contribution in [0.5, 0.6) is 5.75 Å². The maximum atomic E-state index is 13.8. The molecular weight excluding hydrogens is 365 g/mol. The second kappa shape index (κ2) is 8.71. The van der Waals surface area contributed by atoms with Crippen LogP contribution in [0.3, 0.4) is 0 Å². The summed E-state index contributed by atoms with van der Waals surface area (Å²) in [6.45, 7) is 6.39. The van der Waals surface area contributed by atoms with Gasteiger partial charge in [0.15, 0.2) is 12.8 Å². The molecule has 0 bridgehead atoms. The van der Waals surface area contributed by atoms with Crippen molar-refractivity contribution in [2.45, 2.75) is 32.3 Å². The fourth-order valence-corrected chi connectivity index (χ4v) is 3.89. The van der Waals surface area contributed by atoms with Gasteiger partial charge in [0.2, 0.25) is 0 Å². The number of nitrogens with one attached hydrogen (secondary N) is 2. The van der Waals surface area contributed by atoms with E-state index in [9.17, 15) is 4.39 Å². The maximum absolute atomic E-state index is 13.8. The van der Waals surface area contributed by atoms with Crippen molar-refractivity contribution in [2.24, 2.45) is 4.99 Å². The molecule has 5 nitrogen and oxygen atoms in total. The number of nitrogens with zero attached hydrogens (tertiary/aromatic N) is 1. The lowest BCUT2D eigenvalue weighted by Gasteiger charge is -2.25. The molecule has 2 N–H and O–H groups in total. The van der Waals surface area contributed by atoms with E-state index in [0.29, 0.717) is 19.6 Å². The summed E-state index contributed by atoms with van der Waals surface area (Å²) in [5, 5.41) is 8.77. The van der Waals surface area contributed by atoms with Crippen molar-refractivity contribution in [1.82, 2.24) is 10.6 Å². The Balaban J connectivity index is 1.54. The summed E-state index contributed by atoms with van der Waals surface area (Å²) in [4.78, 5) is 5.61. The molecule has 0 amide bonds. The standard InChI is InChI=1S/C20H26FN3O2S/c1-20(2,17-5-4-8-27-17)12-24-19(22-3)23-7-6-14-9-16(21)10-15-11-25-13-26-18(14)15/h4-5,8-10H,6-7,11-13H2,1-3H3,(H2,22,23,24). The predicted molar refractivity (Wildman–Crippen MR) is 107 cm³/mol. The molecule has 0 spiro atoms. The number of halogens is 1. The van der Waals surface area contributed by atoms with Crippen LogP contribution in [0.4, 0.5) is 4.39 Å². The minimum absolute atomic E-state index is 0.0151. The van der Waals surface area contributed by atoms with Crippen LogP contribution in [-0.4, -0.2) is 32.9 Å². The monoisotopic (exact) mass is 391 g/mol. The van der Waals surface area contributed by atoms with E-state index in [2.05, 4.69) is 47.0 Å². The van der Waals surface area contributed by atoms with E-state index in [-0.39, 0.29) is 18.0 Å². The highest BCUT2D eigenvalue weighted by molar-refractivity contribution is 7.10. The van der Waals surface area contributed by atoms with Crippen LogP contribution in [-0.2, 0) is 23.2 Å². The van der Waals surface area contributed by atoms with E-state index >= 15 is 0 Å². The first-order valence-corrected chi connectivity index (χ1v) is 9.88. The molecule has 146 valence electrons. The molecule has 0 saturated heterocycles. The Labute approximate surface area is 163 Å². The molecule has 3 rings (SSSR count). The van der Waals surface area contributed by atoms with Crippen molar-refractivity contribution in [3.05, 3.63) is 51.5 Å². The van der Waals surface area contributed by atoms with Crippen molar-refractivity contribution < 1.29 is 13.9 Å². The van der Waals surface area contributed by atoms with Gasteiger partial charge in [0, 0.05) is 36.0 Å². The van der Waals surface area contributed by atoms with Gasteiger partial charge in [-0.2, -0.15) is 0 Å². The highest BCUT2D eigenvalue weighted by Gasteiger charge is 2.22. The normalized spacial score (nSPS) is 14.4. The number of fused-ring (bicyclic) bond motifs is 1. The largest absolute Gasteiger partial charge is 0.467 e. The molecule has 1 aliphatic rings. The molecule has 7 heteroatoms. The van der Waals surface area contributed by atoms with Crippen molar-refractivity contribution in [2.75, 3.05) is 26.9 Å². The average molecular weight is 392 g/mol. The predicted octanol–water partition coefficient (Wildman–Crippen LogP) is 3.44. The lowest BCUT2D eigenvalue weighted by molar-refractivity contribution is -0.0172. The van der Waals surface area contributed by atoms with Crippen molar-refractivity contribution in [3.8, 4) is 5.75 Å². The zero-order valence-corrected chi connectivity index (χ0v) is 16.8. The van der Waals surface area contributed by atoms with Gasteiger partial charge in [-0.1, -0.05) is 19.9 Å². The SMILES string of the molecule is CN=C(NCCc1cc(F)cc2c1OCOC2)NCC(C)(C)c1cccs1. The summed E-state index contributed by atoms with van der Waals surface area (Å²) in [6.07, 6.45) is 0.634. The van der Waals surface area contributed by atoms with Gasteiger partial charge in [-0.15, -0.1) is 11.3 Å². The minimum atomic E-state index is -0.266. The highest BCUT2D eigenvalue weighted by atomic mass is 32.1. The Morgan fingerprint density at radius 3 is 2.93 bits per heavy atom. The number of hydrogen-bond donors (Lipinski definition) is 2. The number of thiophene rings is 1. The van der Waals surface area contributed by atoms with Gasteiger partial charge in [0.25, 0.3) is 0 Å². The highest BCUT2D eigenvalue weighted by Crippen LogP contribution is 2.29. The molecule has 2 aromatic rings. The zero-order chi connectivity index (χ0) is 19.3. The van der Waals surface area contributed by atoms with Crippen molar-refractivity contribution in [3.63, 3.8) is 0 Å². The van der Waals surface area contributed by atoms with E-state index in [1.165, 1.54) is 17.0 Å². The number of rotatable bonds is 6. The van der Waals surface area contributed by atoms with Crippen molar-refractivity contribution >= 4 is 17.3 Å². The van der Waals surface area contributed by atoms with Gasteiger partial charge in [-0.25, -0.2) is 4.39 Å². The summed E-state index contributed by atoms with van der Waals surface area (Å²) >= 11 is 1.76. The number of guanidine groups is 1. The minimum Gasteiger partial charge on any atom is -0.467 e. The summed E-state index contributed by atoms with van der Waals surface area (Å²) in [7, 11) is 1.75. The zero-order valence-electron chi connectivity index (χ0n) is 16.0. The molecule has 0 aliphatic carbocycles. The van der Waals surface area contributed by atoms with Gasteiger partial charge in [0.1, 0.15) is 11.6 Å². The molecule has 27 heavy (non-hydrogen) atoms. The quantitative estimate of drug-likeness (QED) is 0.585. The molecule has 0 unspecified atom stereocenters. The third-order valence-corrected chi connectivity index (χ3v) is 5.78. The molecule has 2 heterocycles. The summed E-state index contributed by atoms with van der Waals surface area (Å²) in [5.74, 6) is 1.21. The lowest BCUT2D eigenvalue weighted by atomic mass is 9.91.